The SMILES string of the molecule is O=[N+]([O-])Sc1cccc2c1Cc1ccccc1-2. The summed E-state index contributed by atoms with van der Waals surface area (Å²) in [4.78, 5) is 11.4. The molecular weight excluding hydrogens is 234 g/mol. The van der Waals surface area contributed by atoms with Crippen LogP contribution in [-0.4, -0.2) is 4.33 Å². The van der Waals surface area contributed by atoms with Gasteiger partial charge in [-0.1, -0.05) is 36.4 Å². The molecule has 0 atom stereocenters. The second kappa shape index (κ2) is 3.89. The summed E-state index contributed by atoms with van der Waals surface area (Å²) in [5, 5.41) is 10.6. The van der Waals surface area contributed by atoms with Crippen LogP contribution in [0, 0.1) is 10.1 Å². The number of nitro groups is 1. The number of hydrogen-bond acceptors (Lipinski definition) is 3. The van der Waals surface area contributed by atoms with Gasteiger partial charge in [-0.25, -0.2) is 0 Å². The molecule has 0 aromatic heterocycles. The van der Waals surface area contributed by atoms with E-state index in [0.29, 0.717) is 11.9 Å². The predicted octanol–water partition coefficient (Wildman–Crippen LogP) is 3.54. The topological polar surface area (TPSA) is 43.1 Å². The van der Waals surface area contributed by atoms with Crippen LogP contribution in [0.4, 0.5) is 0 Å². The Morgan fingerprint density at radius 1 is 1.06 bits per heavy atom. The number of fused-ring (bicyclic) bond motifs is 3. The number of hydrogen-bond donors (Lipinski definition) is 0. The first-order valence-corrected chi connectivity index (χ1v) is 6.05. The smallest absolute Gasteiger partial charge is 0.250 e. The quantitative estimate of drug-likeness (QED) is 0.393. The zero-order chi connectivity index (χ0) is 11.8. The lowest BCUT2D eigenvalue weighted by molar-refractivity contribution is -0.284. The zero-order valence-electron chi connectivity index (χ0n) is 8.92. The normalized spacial score (nSPS) is 12.0. The Morgan fingerprint density at radius 2 is 1.82 bits per heavy atom. The molecule has 0 radical (unpaired) electrons. The predicted molar refractivity (Wildman–Crippen MR) is 67.5 cm³/mol. The van der Waals surface area contributed by atoms with Gasteiger partial charge in [-0.2, -0.15) is 0 Å². The van der Waals surface area contributed by atoms with Gasteiger partial charge in [0.25, 0.3) is 11.9 Å². The average Bonchev–Trinajstić information content (AvgIpc) is 2.68. The first-order chi connectivity index (χ1) is 8.25. The van der Waals surface area contributed by atoms with Crippen molar-refractivity contribution in [3.05, 3.63) is 63.7 Å². The van der Waals surface area contributed by atoms with Crippen LogP contribution in [0.2, 0.25) is 0 Å². The van der Waals surface area contributed by atoms with Crippen LogP contribution in [0.5, 0.6) is 0 Å². The van der Waals surface area contributed by atoms with Crippen molar-refractivity contribution in [2.75, 3.05) is 0 Å². The highest BCUT2D eigenvalue weighted by atomic mass is 32.2. The van der Waals surface area contributed by atoms with Gasteiger partial charge in [0, 0.05) is 6.42 Å². The second-order valence-corrected chi connectivity index (χ2v) is 4.85. The molecule has 3 rings (SSSR count). The van der Waals surface area contributed by atoms with Crippen molar-refractivity contribution >= 4 is 11.9 Å². The lowest BCUT2D eigenvalue weighted by atomic mass is 10.1. The summed E-state index contributed by atoms with van der Waals surface area (Å²) in [6.07, 6.45) is 0.794. The van der Waals surface area contributed by atoms with E-state index in [9.17, 15) is 10.1 Å². The van der Waals surface area contributed by atoms with Crippen LogP contribution >= 0.6 is 11.9 Å². The lowest BCUT2D eigenvalue weighted by Gasteiger charge is -2.02. The molecule has 4 heteroatoms. The van der Waals surface area contributed by atoms with Crippen LogP contribution < -0.4 is 0 Å². The van der Waals surface area contributed by atoms with Crippen LogP contribution in [-0.2, 0) is 6.42 Å². The van der Waals surface area contributed by atoms with Crippen LogP contribution in [0.25, 0.3) is 11.1 Å². The maximum atomic E-state index is 10.6. The Kier molecular flexibility index (Phi) is 2.37. The molecule has 1 aliphatic carbocycles. The van der Waals surface area contributed by atoms with Gasteiger partial charge in [-0.3, -0.25) is 10.1 Å². The molecule has 0 fully saturated rings. The van der Waals surface area contributed by atoms with Crippen LogP contribution in [0.1, 0.15) is 11.1 Å². The van der Waals surface area contributed by atoms with Crippen molar-refractivity contribution in [2.24, 2.45) is 0 Å². The van der Waals surface area contributed by atoms with E-state index in [0.717, 1.165) is 22.4 Å². The van der Waals surface area contributed by atoms with Crippen molar-refractivity contribution in [3.8, 4) is 11.1 Å². The molecule has 0 spiro atoms. The molecule has 0 bridgehead atoms. The summed E-state index contributed by atoms with van der Waals surface area (Å²) < 4.78 is -0.349. The first kappa shape index (κ1) is 10.4. The monoisotopic (exact) mass is 243 g/mol. The summed E-state index contributed by atoms with van der Waals surface area (Å²) in [6, 6.07) is 13.9. The van der Waals surface area contributed by atoms with E-state index in [4.69, 9.17) is 0 Å². The first-order valence-electron chi connectivity index (χ1n) is 5.28. The summed E-state index contributed by atoms with van der Waals surface area (Å²) in [6.45, 7) is 0. The third kappa shape index (κ3) is 1.70. The van der Waals surface area contributed by atoms with Gasteiger partial charge >= 0.3 is 0 Å². The number of nitrogens with zero attached hydrogens (tertiary/aromatic N) is 1. The minimum absolute atomic E-state index is 0.349. The van der Waals surface area contributed by atoms with Crippen molar-refractivity contribution < 1.29 is 4.33 Å². The molecule has 2 aromatic carbocycles. The van der Waals surface area contributed by atoms with Gasteiger partial charge in [-0.05, 0) is 28.3 Å². The molecule has 0 heterocycles. The zero-order valence-corrected chi connectivity index (χ0v) is 9.74. The van der Waals surface area contributed by atoms with Crippen molar-refractivity contribution in [1.82, 2.24) is 0 Å². The molecule has 3 nitrogen and oxygen atoms in total. The molecule has 0 saturated heterocycles. The second-order valence-electron chi connectivity index (χ2n) is 3.93. The molecule has 0 amide bonds. The highest BCUT2D eigenvalue weighted by molar-refractivity contribution is 7.93. The summed E-state index contributed by atoms with van der Waals surface area (Å²) in [7, 11) is 0. The minimum Gasteiger partial charge on any atom is -0.250 e. The Labute approximate surface area is 103 Å². The average molecular weight is 243 g/mol. The van der Waals surface area contributed by atoms with Gasteiger partial charge in [0.05, 0.1) is 4.90 Å². The van der Waals surface area contributed by atoms with E-state index in [-0.39, 0.29) is 4.33 Å². The number of rotatable bonds is 2. The Hall–Kier alpha value is -1.81. The maximum Gasteiger partial charge on any atom is 0.265 e. The maximum absolute atomic E-state index is 10.6. The van der Waals surface area contributed by atoms with E-state index < -0.39 is 0 Å². The molecule has 0 N–H and O–H groups in total. The Morgan fingerprint density at radius 3 is 2.65 bits per heavy atom. The molecule has 2 aromatic rings. The van der Waals surface area contributed by atoms with Gasteiger partial charge in [0.2, 0.25) is 0 Å². The summed E-state index contributed by atoms with van der Waals surface area (Å²) >= 11 is 0.697. The fourth-order valence-electron chi connectivity index (χ4n) is 2.29. The van der Waals surface area contributed by atoms with Gasteiger partial charge in [0.1, 0.15) is 4.33 Å². The lowest BCUT2D eigenvalue weighted by Crippen LogP contribution is -1.89. The van der Waals surface area contributed by atoms with Gasteiger partial charge in [-0.15, -0.1) is 0 Å². The van der Waals surface area contributed by atoms with E-state index in [2.05, 4.69) is 12.1 Å². The van der Waals surface area contributed by atoms with Gasteiger partial charge in [0.15, 0.2) is 0 Å². The molecule has 0 unspecified atom stereocenters. The van der Waals surface area contributed by atoms with Crippen molar-refractivity contribution in [1.29, 1.82) is 0 Å². The van der Waals surface area contributed by atoms with E-state index in [1.165, 1.54) is 11.1 Å². The fraction of sp³-hybridized carbons (Fsp3) is 0.0769. The molecule has 1 aliphatic rings. The van der Waals surface area contributed by atoms with E-state index >= 15 is 0 Å². The minimum atomic E-state index is -0.349. The molecular formula is C13H9NO2S. The van der Waals surface area contributed by atoms with Gasteiger partial charge < -0.3 is 0 Å². The molecule has 0 saturated carbocycles. The van der Waals surface area contributed by atoms with Crippen molar-refractivity contribution in [2.45, 2.75) is 11.3 Å². The van der Waals surface area contributed by atoms with Crippen LogP contribution in [0.3, 0.4) is 0 Å². The largest absolute Gasteiger partial charge is 0.265 e. The van der Waals surface area contributed by atoms with Crippen LogP contribution in [0.15, 0.2) is 47.4 Å². The number of benzene rings is 2. The standard InChI is InChI=1S/C13H9NO2S/c15-14(16)17-13-7-3-6-11-10-5-2-1-4-9(10)8-12(11)13/h1-7H,8H2. The highest BCUT2D eigenvalue weighted by Gasteiger charge is 2.23. The Bertz CT molecular complexity index is 610. The molecule has 17 heavy (non-hydrogen) atoms. The third-order valence-corrected chi connectivity index (χ3v) is 3.71. The molecule has 84 valence electrons. The van der Waals surface area contributed by atoms with Crippen molar-refractivity contribution in [3.63, 3.8) is 0 Å². The van der Waals surface area contributed by atoms with E-state index in [1.54, 1.807) is 0 Å². The summed E-state index contributed by atoms with van der Waals surface area (Å²) in [5.41, 5.74) is 4.66. The fourth-order valence-corrected chi connectivity index (χ4v) is 2.89. The molecule has 0 aliphatic heterocycles. The Balaban J connectivity index is 2.14. The summed E-state index contributed by atoms with van der Waals surface area (Å²) in [5.74, 6) is 0. The highest BCUT2D eigenvalue weighted by Crippen LogP contribution is 2.40. The third-order valence-electron chi connectivity index (χ3n) is 2.98. The van der Waals surface area contributed by atoms with E-state index in [1.807, 2.05) is 30.3 Å².